The number of ether oxygens (including phenoxy) is 3. The first-order chi connectivity index (χ1) is 26.4. The normalized spacial score (nSPS) is 29.3. The number of hydrogen-bond acceptors (Lipinski definition) is 9. The van der Waals surface area contributed by atoms with E-state index in [1.54, 1.807) is 31.2 Å². The van der Waals surface area contributed by atoms with Crippen LogP contribution in [0.3, 0.4) is 0 Å². The average Bonchev–Trinajstić information content (AvgIpc) is 3.35. The highest BCUT2D eigenvalue weighted by molar-refractivity contribution is 7.90. The van der Waals surface area contributed by atoms with Crippen molar-refractivity contribution in [3.05, 3.63) is 69.5 Å². The van der Waals surface area contributed by atoms with Gasteiger partial charge in [0.15, 0.2) is 0 Å². The Morgan fingerprint density at radius 2 is 1.87 bits per heavy atom. The molecule has 4 aliphatic rings. The largest absolute Gasteiger partial charge is 0.491 e. The van der Waals surface area contributed by atoms with Crippen LogP contribution in [0.15, 0.2) is 42.0 Å². The van der Waals surface area contributed by atoms with Crippen molar-refractivity contribution in [1.82, 2.24) is 14.5 Å². The summed E-state index contributed by atoms with van der Waals surface area (Å²) >= 11 is 6.29. The summed E-state index contributed by atoms with van der Waals surface area (Å²) in [4.78, 5) is 20.9. The number of carbonyl (C=O) groups is 1. The predicted octanol–water partition coefficient (Wildman–Crippen LogP) is 6.81. The van der Waals surface area contributed by atoms with Gasteiger partial charge in [0.2, 0.25) is 10.0 Å². The number of morpholine rings is 1. The molecule has 0 aliphatic carbocycles. The Bertz CT molecular complexity index is 1810. The first kappa shape index (κ1) is 41.9. The fourth-order valence-corrected chi connectivity index (χ4v) is 10.4. The van der Waals surface area contributed by atoms with Crippen molar-refractivity contribution in [3.8, 4) is 5.75 Å². The van der Waals surface area contributed by atoms with Crippen LogP contribution in [-0.2, 0) is 25.9 Å². The number of nitrogens with zero attached hydrogens (tertiary/aromatic N) is 3. The highest BCUT2D eigenvalue weighted by Gasteiger charge is 2.44. The molecule has 2 saturated heterocycles. The number of benzene rings is 2. The van der Waals surface area contributed by atoms with Crippen LogP contribution in [0.1, 0.15) is 94.1 Å². The molecule has 304 valence electrons. The number of fused-ring (bicyclic) bond motifs is 2. The Hall–Kier alpha value is -2.74. The van der Waals surface area contributed by atoms with Crippen LogP contribution in [0.25, 0.3) is 0 Å². The molecular formula is C42H60ClFN4O6S. The number of piperazine rings is 1. The zero-order chi connectivity index (χ0) is 39.3. The molecule has 1 amide bonds. The summed E-state index contributed by atoms with van der Waals surface area (Å²) in [5, 5.41) is -0.691. The van der Waals surface area contributed by atoms with Crippen LogP contribution in [-0.4, -0.2) is 113 Å². The molecule has 4 unspecified atom stereocenters. The smallest absolute Gasteiger partial charge is 0.264 e. The molecule has 55 heavy (non-hydrogen) atoms. The number of anilines is 1. The number of halogens is 2. The van der Waals surface area contributed by atoms with Crippen molar-refractivity contribution in [2.24, 2.45) is 5.92 Å². The molecule has 0 aromatic heterocycles. The Kier molecular flexibility index (Phi) is 13.9. The minimum Gasteiger partial charge on any atom is -0.491 e. The Balaban J connectivity index is 1.42. The molecule has 2 bridgehead atoms. The molecule has 4 aliphatic heterocycles. The van der Waals surface area contributed by atoms with E-state index < -0.39 is 26.8 Å². The van der Waals surface area contributed by atoms with E-state index >= 15 is 4.39 Å². The van der Waals surface area contributed by atoms with E-state index in [9.17, 15) is 13.2 Å². The van der Waals surface area contributed by atoms with E-state index in [4.69, 9.17) is 25.8 Å². The molecule has 0 radical (unpaired) electrons. The minimum absolute atomic E-state index is 0.0968. The lowest BCUT2D eigenvalue weighted by Crippen LogP contribution is -2.61. The van der Waals surface area contributed by atoms with Gasteiger partial charge in [0.25, 0.3) is 5.91 Å². The maximum absolute atomic E-state index is 15.6. The van der Waals surface area contributed by atoms with Crippen LogP contribution in [0, 0.1) is 11.7 Å². The van der Waals surface area contributed by atoms with Gasteiger partial charge in [0.1, 0.15) is 17.2 Å². The lowest BCUT2D eigenvalue weighted by Gasteiger charge is -2.49. The summed E-state index contributed by atoms with van der Waals surface area (Å²) in [6.07, 6.45) is 5.99. The summed E-state index contributed by atoms with van der Waals surface area (Å²) in [7, 11) is -3.97. The monoisotopic (exact) mass is 802 g/mol. The number of hydrogen-bond donors (Lipinski definition) is 1. The van der Waals surface area contributed by atoms with E-state index in [1.807, 2.05) is 13.0 Å². The van der Waals surface area contributed by atoms with Crippen LogP contribution in [0.2, 0.25) is 5.02 Å². The Morgan fingerprint density at radius 3 is 2.64 bits per heavy atom. The molecule has 13 heteroatoms. The third kappa shape index (κ3) is 9.20. The number of sulfonamides is 1. The molecule has 0 spiro atoms. The van der Waals surface area contributed by atoms with Gasteiger partial charge in [-0.25, -0.2) is 17.5 Å². The van der Waals surface area contributed by atoms with Gasteiger partial charge in [-0.1, -0.05) is 50.4 Å². The first-order valence-electron chi connectivity index (χ1n) is 20.3. The van der Waals surface area contributed by atoms with Gasteiger partial charge >= 0.3 is 0 Å². The van der Waals surface area contributed by atoms with Gasteiger partial charge in [-0.3, -0.25) is 14.6 Å². The molecule has 2 aromatic carbocycles. The molecule has 4 heterocycles. The second-order valence-corrected chi connectivity index (χ2v) is 18.3. The fourth-order valence-electron chi connectivity index (χ4n) is 9.16. The summed E-state index contributed by atoms with van der Waals surface area (Å²) < 4.78 is 64.3. The predicted molar refractivity (Wildman–Crippen MR) is 217 cm³/mol. The summed E-state index contributed by atoms with van der Waals surface area (Å²) in [5.41, 5.74) is 2.88. The number of nitrogens with one attached hydrogen (secondary N) is 1. The van der Waals surface area contributed by atoms with Crippen molar-refractivity contribution in [2.45, 2.75) is 96.0 Å². The fraction of sp³-hybridized carbons (Fsp3) is 0.643. The summed E-state index contributed by atoms with van der Waals surface area (Å²) in [5.74, 6) is -0.572. The maximum atomic E-state index is 15.6. The first-order valence-corrected chi connectivity index (χ1v) is 22.2. The van der Waals surface area contributed by atoms with Crippen LogP contribution >= 0.6 is 11.6 Å². The second-order valence-electron chi connectivity index (χ2n) is 15.8. The minimum atomic E-state index is -3.97. The third-order valence-electron chi connectivity index (χ3n) is 12.4. The number of rotatable bonds is 8. The highest BCUT2D eigenvalue weighted by Crippen LogP contribution is 2.41. The van der Waals surface area contributed by atoms with Crippen molar-refractivity contribution in [3.63, 3.8) is 0 Å². The van der Waals surface area contributed by atoms with Crippen LogP contribution in [0.5, 0.6) is 5.75 Å². The van der Waals surface area contributed by atoms with Gasteiger partial charge in [-0.05, 0) is 93.3 Å². The highest BCUT2D eigenvalue weighted by atomic mass is 35.5. The van der Waals surface area contributed by atoms with E-state index in [2.05, 4.69) is 46.3 Å². The van der Waals surface area contributed by atoms with Gasteiger partial charge in [-0.15, -0.1) is 0 Å². The topological polar surface area (TPSA) is 101 Å². The van der Waals surface area contributed by atoms with Crippen LogP contribution in [0.4, 0.5) is 10.1 Å². The van der Waals surface area contributed by atoms with Crippen LogP contribution < -0.4 is 14.4 Å². The van der Waals surface area contributed by atoms with E-state index in [-0.39, 0.29) is 28.2 Å². The van der Waals surface area contributed by atoms with Crippen molar-refractivity contribution >= 4 is 33.2 Å². The molecule has 0 saturated carbocycles. The van der Waals surface area contributed by atoms with Gasteiger partial charge in [0.05, 0.1) is 35.8 Å². The van der Waals surface area contributed by atoms with Crippen molar-refractivity contribution in [2.75, 3.05) is 77.1 Å². The third-order valence-corrected chi connectivity index (χ3v) is 14.4. The molecule has 1 N–H and O–H groups in total. The zero-order valence-corrected chi connectivity index (χ0v) is 34.8. The second kappa shape index (κ2) is 18.2. The number of carbonyl (C=O) groups excluding carboxylic acids is 1. The number of allylic oxidation sites excluding steroid dienone is 1. The molecule has 6 rings (SSSR count). The average molecular weight is 803 g/mol. The SMILES string of the molecule is CCCc1c(C2COc3ccc4cc3N(CCC(CC)[C@@](CN3CCN5CCOCC5C3)(OCC)/C(C)=C/CCC(C)S(=O)(=O)NC4=O)C2)ccc(Cl)c1F. The Labute approximate surface area is 332 Å². The van der Waals surface area contributed by atoms with Gasteiger partial charge < -0.3 is 19.1 Å². The van der Waals surface area contributed by atoms with Gasteiger partial charge in [-0.2, -0.15) is 0 Å². The van der Waals surface area contributed by atoms with Crippen molar-refractivity contribution in [1.29, 1.82) is 0 Å². The van der Waals surface area contributed by atoms with E-state index in [0.717, 1.165) is 69.8 Å². The Morgan fingerprint density at radius 1 is 1.05 bits per heavy atom. The van der Waals surface area contributed by atoms with E-state index in [1.165, 1.54) is 0 Å². The maximum Gasteiger partial charge on any atom is 0.264 e. The zero-order valence-electron chi connectivity index (χ0n) is 33.2. The summed E-state index contributed by atoms with van der Waals surface area (Å²) in [6, 6.07) is 8.98. The standard InChI is InChI=1S/C42H60ClFN4O6S/c1-6-10-36-35(14-15-37(43)40(36)44)32-24-48-18-17-33(7-2)42(54-8-3,28-46-19-20-47-21-22-52-27-34(47)25-46)29(4)11-9-12-30(5)55(50,51)45-41(49)31-13-16-39(53-26-32)38(48)23-31/h11,13-16,23,30,32-34H,6-10,12,17-22,24-28H2,1-5H3,(H,45,49)/b29-11+/t30?,32?,33?,34?,42-/m0/s1. The quantitative estimate of drug-likeness (QED) is 0.289. The molecule has 10 nitrogen and oxygen atoms in total. The molecular weight excluding hydrogens is 743 g/mol. The van der Waals surface area contributed by atoms with Crippen molar-refractivity contribution < 1.29 is 31.8 Å². The molecule has 5 atom stereocenters. The summed E-state index contributed by atoms with van der Waals surface area (Å²) in [6.45, 7) is 18.0. The molecule has 2 fully saturated rings. The van der Waals surface area contributed by atoms with Gasteiger partial charge in [0, 0.05) is 69.9 Å². The number of amides is 1. The van der Waals surface area contributed by atoms with E-state index in [0.29, 0.717) is 75.2 Å². The molecule has 2 aromatic rings. The lowest BCUT2D eigenvalue weighted by atomic mass is 9.76. The lowest BCUT2D eigenvalue weighted by molar-refractivity contribution is -0.0985.